The van der Waals surface area contributed by atoms with E-state index in [4.69, 9.17) is 9.47 Å². The SMILES string of the molecule is COC(=O)C(NC(=O)[C@H](O)c1ccccc1OC(=O)Cc1ccccc1)=C(C)CN1CCC1=O. The lowest BCUT2D eigenvalue weighted by molar-refractivity contribution is -0.140. The van der Waals surface area contributed by atoms with Crippen LogP contribution in [0.2, 0.25) is 0 Å². The molecule has 2 amide bonds. The summed E-state index contributed by atoms with van der Waals surface area (Å²) in [5.41, 5.74) is 1.06. The van der Waals surface area contributed by atoms with E-state index in [0.29, 0.717) is 18.5 Å². The van der Waals surface area contributed by atoms with Crippen molar-refractivity contribution in [1.29, 1.82) is 0 Å². The summed E-state index contributed by atoms with van der Waals surface area (Å²) in [6.07, 6.45) is -1.29. The van der Waals surface area contributed by atoms with Crippen molar-refractivity contribution in [3.8, 4) is 5.75 Å². The second kappa shape index (κ2) is 11.2. The summed E-state index contributed by atoms with van der Waals surface area (Å²) >= 11 is 0. The number of methoxy groups -OCH3 is 1. The minimum Gasteiger partial charge on any atom is -0.464 e. The van der Waals surface area contributed by atoms with Gasteiger partial charge in [-0.25, -0.2) is 4.79 Å². The number of esters is 2. The number of benzene rings is 2. The van der Waals surface area contributed by atoms with Crippen LogP contribution in [0.25, 0.3) is 0 Å². The van der Waals surface area contributed by atoms with E-state index in [1.165, 1.54) is 17.0 Å². The van der Waals surface area contributed by atoms with Crippen molar-refractivity contribution < 1.29 is 33.8 Å². The van der Waals surface area contributed by atoms with Gasteiger partial charge in [0.15, 0.2) is 6.10 Å². The molecule has 34 heavy (non-hydrogen) atoms. The zero-order valence-electron chi connectivity index (χ0n) is 18.9. The maximum Gasteiger partial charge on any atom is 0.354 e. The molecule has 1 heterocycles. The Morgan fingerprint density at radius 2 is 1.76 bits per heavy atom. The molecule has 2 N–H and O–H groups in total. The molecule has 178 valence electrons. The van der Waals surface area contributed by atoms with Crippen LogP contribution in [-0.2, 0) is 30.3 Å². The Morgan fingerprint density at radius 3 is 2.38 bits per heavy atom. The van der Waals surface area contributed by atoms with Crippen molar-refractivity contribution in [3.05, 3.63) is 77.0 Å². The Labute approximate surface area is 197 Å². The number of para-hydroxylation sites is 1. The molecule has 0 radical (unpaired) electrons. The number of aliphatic hydroxyl groups excluding tert-OH is 1. The maximum absolute atomic E-state index is 12.8. The fourth-order valence-corrected chi connectivity index (χ4v) is 3.38. The molecular weight excluding hydrogens is 440 g/mol. The van der Waals surface area contributed by atoms with Crippen LogP contribution in [0.5, 0.6) is 5.75 Å². The number of hydrogen-bond donors (Lipinski definition) is 2. The lowest BCUT2D eigenvalue weighted by atomic mass is 10.1. The summed E-state index contributed by atoms with van der Waals surface area (Å²) in [4.78, 5) is 50.6. The van der Waals surface area contributed by atoms with E-state index in [1.54, 1.807) is 43.3 Å². The Kier molecular flexibility index (Phi) is 8.15. The molecule has 1 aliphatic heterocycles. The minimum absolute atomic E-state index is 0.0150. The summed E-state index contributed by atoms with van der Waals surface area (Å²) < 4.78 is 10.1. The van der Waals surface area contributed by atoms with Crippen LogP contribution in [0, 0.1) is 0 Å². The van der Waals surface area contributed by atoms with E-state index < -0.39 is 23.9 Å². The Bertz CT molecular complexity index is 1110. The molecule has 0 bridgehead atoms. The highest BCUT2D eigenvalue weighted by atomic mass is 16.5. The third-order valence-electron chi connectivity index (χ3n) is 5.32. The van der Waals surface area contributed by atoms with Crippen LogP contribution >= 0.6 is 0 Å². The third-order valence-corrected chi connectivity index (χ3v) is 5.32. The van der Waals surface area contributed by atoms with Gasteiger partial charge >= 0.3 is 11.9 Å². The van der Waals surface area contributed by atoms with E-state index in [9.17, 15) is 24.3 Å². The summed E-state index contributed by atoms with van der Waals surface area (Å²) in [5, 5.41) is 13.1. The number of β-lactam (4-membered cyclic amide) rings is 1. The minimum atomic E-state index is -1.74. The highest BCUT2D eigenvalue weighted by Crippen LogP contribution is 2.26. The Morgan fingerprint density at radius 1 is 1.09 bits per heavy atom. The molecule has 1 fully saturated rings. The summed E-state index contributed by atoms with van der Waals surface area (Å²) in [6, 6.07) is 15.1. The smallest absolute Gasteiger partial charge is 0.354 e. The Hall–Kier alpha value is -3.98. The molecule has 0 saturated carbocycles. The maximum atomic E-state index is 12.8. The predicted octanol–water partition coefficient (Wildman–Crippen LogP) is 1.66. The van der Waals surface area contributed by atoms with Crippen molar-refractivity contribution in [3.63, 3.8) is 0 Å². The molecule has 3 rings (SSSR count). The third kappa shape index (κ3) is 6.08. The molecule has 9 heteroatoms. The first kappa shape index (κ1) is 24.7. The standard InChI is InChI=1S/C25H26N2O7/c1-16(15-27-13-12-20(27)28)22(25(32)33-2)26-24(31)23(30)18-10-6-7-11-19(18)34-21(29)14-17-8-4-3-5-9-17/h3-11,23,30H,12-15H2,1-2H3,(H,26,31)/t23-/m1/s1. The summed E-state index contributed by atoms with van der Waals surface area (Å²) in [6.45, 7) is 2.29. The van der Waals surface area contributed by atoms with Crippen LogP contribution in [0.3, 0.4) is 0 Å². The van der Waals surface area contributed by atoms with Gasteiger partial charge in [0.25, 0.3) is 5.91 Å². The van der Waals surface area contributed by atoms with Crippen LogP contribution in [0.1, 0.15) is 30.6 Å². The number of amides is 2. The molecule has 0 aliphatic carbocycles. The molecule has 0 aromatic heterocycles. The van der Waals surface area contributed by atoms with Crippen molar-refractivity contribution in [2.75, 3.05) is 20.2 Å². The number of carbonyl (C=O) groups is 4. The fraction of sp³-hybridized carbons (Fsp3) is 0.280. The molecule has 1 saturated heterocycles. The second-order valence-electron chi connectivity index (χ2n) is 7.78. The quantitative estimate of drug-likeness (QED) is 0.249. The van der Waals surface area contributed by atoms with Gasteiger partial charge in [-0.15, -0.1) is 0 Å². The van der Waals surface area contributed by atoms with Crippen molar-refractivity contribution in [2.45, 2.75) is 25.9 Å². The van der Waals surface area contributed by atoms with Crippen LogP contribution in [-0.4, -0.2) is 54.0 Å². The van der Waals surface area contributed by atoms with E-state index in [1.807, 2.05) is 6.07 Å². The number of rotatable bonds is 9. The van der Waals surface area contributed by atoms with Gasteiger partial charge in [0.2, 0.25) is 5.91 Å². The molecule has 1 atom stereocenters. The number of ether oxygens (including phenoxy) is 2. The van der Waals surface area contributed by atoms with Crippen molar-refractivity contribution >= 4 is 23.8 Å². The van der Waals surface area contributed by atoms with Gasteiger partial charge in [-0.3, -0.25) is 14.4 Å². The topological polar surface area (TPSA) is 122 Å². The number of hydrogen-bond acceptors (Lipinski definition) is 7. The Balaban J connectivity index is 1.74. The first-order chi connectivity index (χ1) is 16.3. The molecule has 2 aromatic rings. The van der Waals surface area contributed by atoms with Gasteiger partial charge in [0.1, 0.15) is 11.4 Å². The summed E-state index contributed by atoms with van der Waals surface area (Å²) in [7, 11) is 1.16. The zero-order valence-corrected chi connectivity index (χ0v) is 18.9. The first-order valence-corrected chi connectivity index (χ1v) is 10.7. The largest absolute Gasteiger partial charge is 0.464 e. The fourth-order valence-electron chi connectivity index (χ4n) is 3.38. The highest BCUT2D eigenvalue weighted by molar-refractivity contribution is 5.96. The van der Waals surface area contributed by atoms with Gasteiger partial charge in [0.05, 0.1) is 13.5 Å². The van der Waals surface area contributed by atoms with Gasteiger partial charge in [-0.1, -0.05) is 48.5 Å². The second-order valence-corrected chi connectivity index (χ2v) is 7.78. The molecular formula is C25H26N2O7. The van der Waals surface area contributed by atoms with E-state index in [-0.39, 0.29) is 35.9 Å². The average Bonchev–Trinajstić information content (AvgIpc) is 2.84. The van der Waals surface area contributed by atoms with E-state index in [0.717, 1.165) is 12.7 Å². The molecule has 2 aromatic carbocycles. The van der Waals surface area contributed by atoms with Crippen LogP contribution < -0.4 is 10.1 Å². The monoisotopic (exact) mass is 466 g/mol. The lowest BCUT2D eigenvalue weighted by Crippen LogP contribution is -2.45. The van der Waals surface area contributed by atoms with E-state index >= 15 is 0 Å². The average molecular weight is 466 g/mol. The summed E-state index contributed by atoms with van der Waals surface area (Å²) in [5.74, 6) is -2.31. The lowest BCUT2D eigenvalue weighted by Gasteiger charge is -2.31. The molecule has 1 aliphatic rings. The van der Waals surface area contributed by atoms with Crippen LogP contribution in [0.15, 0.2) is 65.9 Å². The number of likely N-dealkylation sites (tertiary alicyclic amines) is 1. The number of aliphatic hydroxyl groups is 1. The predicted molar refractivity (Wildman–Crippen MR) is 121 cm³/mol. The van der Waals surface area contributed by atoms with Crippen LogP contribution in [0.4, 0.5) is 0 Å². The van der Waals surface area contributed by atoms with Crippen molar-refractivity contribution in [1.82, 2.24) is 10.2 Å². The molecule has 9 nitrogen and oxygen atoms in total. The van der Waals surface area contributed by atoms with Gasteiger partial charge in [-0.2, -0.15) is 0 Å². The zero-order chi connectivity index (χ0) is 24.7. The van der Waals surface area contributed by atoms with Gasteiger partial charge in [0, 0.05) is 25.1 Å². The van der Waals surface area contributed by atoms with E-state index in [2.05, 4.69) is 5.32 Å². The first-order valence-electron chi connectivity index (χ1n) is 10.7. The number of nitrogens with one attached hydrogen (secondary N) is 1. The number of nitrogens with zero attached hydrogens (tertiary/aromatic N) is 1. The highest BCUT2D eigenvalue weighted by Gasteiger charge is 2.28. The molecule has 0 spiro atoms. The van der Waals surface area contributed by atoms with Gasteiger partial charge in [-0.05, 0) is 24.1 Å². The van der Waals surface area contributed by atoms with Crippen molar-refractivity contribution in [2.24, 2.45) is 0 Å². The number of carbonyl (C=O) groups excluding carboxylic acids is 4. The molecule has 0 unspecified atom stereocenters. The normalized spacial score (nSPS) is 14.4. The van der Waals surface area contributed by atoms with Gasteiger partial charge < -0.3 is 24.8 Å².